The molecule has 5 heteroatoms. The quantitative estimate of drug-likeness (QED) is 0.853. The highest BCUT2D eigenvalue weighted by molar-refractivity contribution is 5.80. The first-order valence-corrected chi connectivity index (χ1v) is 7.99. The van der Waals surface area contributed by atoms with Crippen molar-refractivity contribution in [2.75, 3.05) is 20.1 Å². The van der Waals surface area contributed by atoms with E-state index < -0.39 is 0 Å². The van der Waals surface area contributed by atoms with Crippen molar-refractivity contribution in [3.05, 3.63) is 17.0 Å². The van der Waals surface area contributed by atoms with Gasteiger partial charge in [0.2, 0.25) is 5.91 Å². The van der Waals surface area contributed by atoms with Gasteiger partial charge in [0.1, 0.15) is 5.76 Å². The van der Waals surface area contributed by atoms with Gasteiger partial charge in [0.05, 0.1) is 12.1 Å². The Morgan fingerprint density at radius 1 is 1.24 bits per heavy atom. The second-order valence-electron chi connectivity index (χ2n) is 6.47. The van der Waals surface area contributed by atoms with Gasteiger partial charge in [0.15, 0.2) is 0 Å². The third-order valence-electron chi connectivity index (χ3n) is 5.15. The fraction of sp³-hybridized carbons (Fsp3) is 0.750. The van der Waals surface area contributed by atoms with Crippen LogP contribution in [0.25, 0.3) is 0 Å². The maximum atomic E-state index is 12.7. The summed E-state index contributed by atoms with van der Waals surface area (Å²) in [6, 6.07) is 0.937. The molecule has 2 aliphatic heterocycles. The lowest BCUT2D eigenvalue weighted by Crippen LogP contribution is -2.47. The molecule has 0 aromatic carbocycles. The highest BCUT2D eigenvalue weighted by Crippen LogP contribution is 2.29. The zero-order chi connectivity index (χ0) is 15.0. The number of rotatable bonds is 3. The Hall–Kier alpha value is -1.36. The molecule has 2 atom stereocenters. The first-order chi connectivity index (χ1) is 10.1. The Morgan fingerprint density at radius 2 is 1.95 bits per heavy atom. The van der Waals surface area contributed by atoms with Gasteiger partial charge in [-0.05, 0) is 53.1 Å². The average Bonchev–Trinajstić information content (AvgIpc) is 3.14. The van der Waals surface area contributed by atoms with E-state index in [1.807, 2.05) is 13.8 Å². The van der Waals surface area contributed by atoms with Crippen LogP contribution in [-0.4, -0.2) is 53.1 Å². The summed E-state index contributed by atoms with van der Waals surface area (Å²) in [6.45, 7) is 5.85. The van der Waals surface area contributed by atoms with Gasteiger partial charge in [0, 0.05) is 24.2 Å². The van der Waals surface area contributed by atoms with E-state index in [2.05, 4.69) is 22.0 Å². The second kappa shape index (κ2) is 5.79. The molecule has 0 radical (unpaired) electrons. The van der Waals surface area contributed by atoms with Crippen molar-refractivity contribution >= 4 is 5.91 Å². The lowest BCUT2D eigenvalue weighted by Gasteiger charge is -2.33. The van der Waals surface area contributed by atoms with Crippen LogP contribution >= 0.6 is 0 Å². The third-order valence-corrected chi connectivity index (χ3v) is 5.15. The predicted molar refractivity (Wildman–Crippen MR) is 80.1 cm³/mol. The van der Waals surface area contributed by atoms with Gasteiger partial charge in [-0.3, -0.25) is 4.79 Å². The molecule has 2 aliphatic rings. The number of nitrogens with zero attached hydrogens (tertiary/aromatic N) is 3. The van der Waals surface area contributed by atoms with Crippen LogP contribution in [0.15, 0.2) is 4.52 Å². The lowest BCUT2D eigenvalue weighted by atomic mass is 10.0. The van der Waals surface area contributed by atoms with Crippen molar-refractivity contribution in [2.24, 2.45) is 0 Å². The molecule has 116 valence electrons. The number of carbonyl (C=O) groups excluding carboxylic acids is 1. The predicted octanol–water partition coefficient (Wildman–Crippen LogP) is 1.92. The molecule has 2 fully saturated rings. The summed E-state index contributed by atoms with van der Waals surface area (Å²) in [6.07, 6.45) is 5.17. The molecule has 0 bridgehead atoms. The van der Waals surface area contributed by atoms with Crippen molar-refractivity contribution < 1.29 is 9.32 Å². The molecule has 0 spiro atoms. The Balaban J connectivity index is 1.71. The maximum Gasteiger partial charge on any atom is 0.227 e. The van der Waals surface area contributed by atoms with Crippen LogP contribution in [0.4, 0.5) is 0 Å². The van der Waals surface area contributed by atoms with Gasteiger partial charge < -0.3 is 14.3 Å². The molecule has 3 heterocycles. The molecular formula is C16H25N3O2. The molecule has 0 aliphatic carbocycles. The van der Waals surface area contributed by atoms with Crippen molar-refractivity contribution in [3.8, 4) is 0 Å². The standard InChI is InChI=1S/C16H25N3O2/c1-11-13(12(2)21-17-11)10-16(20)19-9-5-7-15(19)14-6-4-8-18(14)3/h14-15H,4-10H2,1-3H3/t14-,15+/m1/s1. The Labute approximate surface area is 126 Å². The van der Waals surface area contributed by atoms with E-state index in [0.717, 1.165) is 42.9 Å². The Bertz CT molecular complexity index is 506. The van der Waals surface area contributed by atoms with Crippen LogP contribution in [0.3, 0.4) is 0 Å². The molecule has 1 aromatic rings. The van der Waals surface area contributed by atoms with E-state index in [1.54, 1.807) is 0 Å². The normalized spacial score (nSPS) is 26.7. The van der Waals surface area contributed by atoms with Gasteiger partial charge in [-0.1, -0.05) is 5.16 Å². The van der Waals surface area contributed by atoms with Crippen LogP contribution in [0.2, 0.25) is 0 Å². The van der Waals surface area contributed by atoms with E-state index in [0.29, 0.717) is 18.5 Å². The van der Waals surface area contributed by atoms with Crippen LogP contribution in [0.1, 0.15) is 42.7 Å². The fourth-order valence-electron chi connectivity index (χ4n) is 3.93. The molecule has 0 unspecified atom stereocenters. The largest absolute Gasteiger partial charge is 0.361 e. The minimum atomic E-state index is 0.229. The van der Waals surface area contributed by atoms with Crippen molar-refractivity contribution in [3.63, 3.8) is 0 Å². The number of aryl methyl sites for hydroxylation is 2. The number of hydrogen-bond acceptors (Lipinski definition) is 4. The minimum Gasteiger partial charge on any atom is -0.361 e. The summed E-state index contributed by atoms with van der Waals surface area (Å²) in [5.74, 6) is 1.00. The van der Waals surface area contributed by atoms with Crippen molar-refractivity contribution in [2.45, 2.75) is 58.0 Å². The number of likely N-dealkylation sites (tertiary alicyclic amines) is 2. The second-order valence-corrected chi connectivity index (χ2v) is 6.47. The Morgan fingerprint density at radius 3 is 2.57 bits per heavy atom. The molecular weight excluding hydrogens is 266 g/mol. The number of amides is 1. The van der Waals surface area contributed by atoms with Crippen molar-refractivity contribution in [1.29, 1.82) is 0 Å². The lowest BCUT2D eigenvalue weighted by molar-refractivity contribution is -0.132. The smallest absolute Gasteiger partial charge is 0.227 e. The average molecular weight is 291 g/mol. The highest BCUT2D eigenvalue weighted by Gasteiger charge is 2.38. The Kier molecular flexibility index (Phi) is 4.02. The third kappa shape index (κ3) is 2.71. The van der Waals surface area contributed by atoms with Gasteiger partial charge in [-0.25, -0.2) is 0 Å². The number of likely N-dealkylation sites (N-methyl/N-ethyl adjacent to an activating group) is 1. The summed E-state index contributed by atoms with van der Waals surface area (Å²) in [4.78, 5) is 17.3. The molecule has 1 amide bonds. The van der Waals surface area contributed by atoms with Gasteiger partial charge in [-0.2, -0.15) is 0 Å². The van der Waals surface area contributed by atoms with Crippen LogP contribution < -0.4 is 0 Å². The van der Waals surface area contributed by atoms with Crippen molar-refractivity contribution in [1.82, 2.24) is 15.0 Å². The molecule has 0 N–H and O–H groups in total. The molecule has 1 aromatic heterocycles. The SMILES string of the molecule is Cc1noc(C)c1CC(=O)N1CCC[C@H]1[C@H]1CCCN1C. The van der Waals surface area contributed by atoms with E-state index in [1.165, 1.54) is 12.8 Å². The number of carbonyl (C=O) groups is 1. The summed E-state index contributed by atoms with van der Waals surface area (Å²) >= 11 is 0. The van der Waals surface area contributed by atoms with E-state index in [4.69, 9.17) is 4.52 Å². The summed E-state index contributed by atoms with van der Waals surface area (Å²) in [5, 5.41) is 3.95. The van der Waals surface area contributed by atoms with Crippen LogP contribution in [0.5, 0.6) is 0 Å². The van der Waals surface area contributed by atoms with Crippen LogP contribution in [-0.2, 0) is 11.2 Å². The highest BCUT2D eigenvalue weighted by atomic mass is 16.5. The van der Waals surface area contributed by atoms with Gasteiger partial charge in [0.25, 0.3) is 0 Å². The summed E-state index contributed by atoms with van der Waals surface area (Å²) in [7, 11) is 2.19. The van der Waals surface area contributed by atoms with Crippen LogP contribution in [0, 0.1) is 13.8 Å². The van der Waals surface area contributed by atoms with E-state index >= 15 is 0 Å². The molecule has 21 heavy (non-hydrogen) atoms. The molecule has 3 rings (SSSR count). The maximum absolute atomic E-state index is 12.7. The fourth-order valence-corrected chi connectivity index (χ4v) is 3.93. The molecule has 2 saturated heterocycles. The van der Waals surface area contributed by atoms with Gasteiger partial charge >= 0.3 is 0 Å². The van der Waals surface area contributed by atoms with E-state index in [9.17, 15) is 4.79 Å². The monoisotopic (exact) mass is 291 g/mol. The summed E-state index contributed by atoms with van der Waals surface area (Å²) < 4.78 is 5.17. The zero-order valence-corrected chi connectivity index (χ0v) is 13.3. The van der Waals surface area contributed by atoms with Gasteiger partial charge in [-0.15, -0.1) is 0 Å². The number of aromatic nitrogens is 1. The summed E-state index contributed by atoms with van der Waals surface area (Å²) in [5.41, 5.74) is 1.81. The zero-order valence-electron chi connectivity index (χ0n) is 13.3. The minimum absolute atomic E-state index is 0.229. The number of hydrogen-bond donors (Lipinski definition) is 0. The first-order valence-electron chi connectivity index (χ1n) is 7.99. The topological polar surface area (TPSA) is 49.6 Å². The van der Waals surface area contributed by atoms with E-state index in [-0.39, 0.29) is 5.91 Å². The molecule has 0 saturated carbocycles. The molecule has 5 nitrogen and oxygen atoms in total. The first kappa shape index (κ1) is 14.6.